The molecule has 1 aliphatic heterocycles. The Bertz CT molecular complexity index is 627. The number of rotatable bonds is 5. The minimum atomic E-state index is -0.718. The number of carbonyl (C=O) groups excluding carboxylic acids is 3. The van der Waals surface area contributed by atoms with E-state index < -0.39 is 11.9 Å². The van der Waals surface area contributed by atoms with E-state index in [0.29, 0.717) is 12.3 Å². The minimum Gasteiger partial charge on any atom is -0.493 e. The van der Waals surface area contributed by atoms with Gasteiger partial charge in [0.1, 0.15) is 19.5 Å². The molecule has 25 heavy (non-hydrogen) atoms. The zero-order chi connectivity index (χ0) is 18.7. The van der Waals surface area contributed by atoms with E-state index in [9.17, 15) is 14.4 Å². The number of carbonyl (C=O) groups is 3. The predicted octanol–water partition coefficient (Wildman–Crippen LogP) is 1.07. The van der Waals surface area contributed by atoms with Crippen LogP contribution in [0.15, 0.2) is 36.3 Å². The van der Waals surface area contributed by atoms with Gasteiger partial charge in [0.25, 0.3) is 5.91 Å². The molecular weight excluding hydrogens is 328 g/mol. The van der Waals surface area contributed by atoms with Crippen LogP contribution in [0, 0.1) is 6.92 Å². The smallest absolute Gasteiger partial charge is 0.377 e. The number of hydrogen-bond donors (Lipinski definition) is 1. The zero-order valence-electron chi connectivity index (χ0n) is 14.5. The molecule has 0 saturated heterocycles. The molecule has 0 unspecified atom stereocenters. The highest BCUT2D eigenvalue weighted by Crippen LogP contribution is 2.13. The van der Waals surface area contributed by atoms with Gasteiger partial charge in [-0.3, -0.25) is 9.59 Å². The summed E-state index contributed by atoms with van der Waals surface area (Å²) in [6, 6.07) is 7.33. The lowest BCUT2D eigenvalue weighted by atomic mass is 10.2. The second-order valence-electron chi connectivity index (χ2n) is 5.21. The molecule has 0 saturated carbocycles. The molecule has 0 radical (unpaired) electrons. The summed E-state index contributed by atoms with van der Waals surface area (Å²) in [5.74, 6) is -1.16. The van der Waals surface area contributed by atoms with Crippen LogP contribution in [-0.4, -0.2) is 57.1 Å². The maximum atomic E-state index is 11.7. The van der Waals surface area contributed by atoms with E-state index in [2.05, 4.69) is 5.32 Å². The van der Waals surface area contributed by atoms with E-state index in [4.69, 9.17) is 14.2 Å². The van der Waals surface area contributed by atoms with Crippen molar-refractivity contribution in [2.24, 2.45) is 0 Å². The van der Waals surface area contributed by atoms with Gasteiger partial charge in [-0.15, -0.1) is 0 Å². The first-order valence-electron chi connectivity index (χ1n) is 7.53. The Morgan fingerprint density at radius 3 is 2.52 bits per heavy atom. The third-order valence-electron chi connectivity index (χ3n) is 2.81. The van der Waals surface area contributed by atoms with E-state index in [1.807, 2.05) is 25.1 Å². The van der Waals surface area contributed by atoms with Gasteiger partial charge in [0, 0.05) is 19.8 Å². The van der Waals surface area contributed by atoms with Crippen molar-refractivity contribution in [2.75, 3.05) is 39.2 Å². The number of nitrogens with one attached hydrogen (secondary N) is 1. The summed E-state index contributed by atoms with van der Waals surface area (Å²) in [6.45, 7) is 2.17. The van der Waals surface area contributed by atoms with Crippen LogP contribution in [0.2, 0.25) is 0 Å². The first kappa shape index (κ1) is 20.0. The van der Waals surface area contributed by atoms with Gasteiger partial charge in [-0.25, -0.2) is 4.79 Å². The number of para-hydroxylation sites is 1. The van der Waals surface area contributed by atoms with Gasteiger partial charge in [-0.1, -0.05) is 18.2 Å². The van der Waals surface area contributed by atoms with Crippen molar-refractivity contribution in [1.29, 1.82) is 0 Å². The second-order valence-corrected chi connectivity index (χ2v) is 5.21. The van der Waals surface area contributed by atoms with Gasteiger partial charge in [0.05, 0.1) is 0 Å². The molecule has 1 aromatic carbocycles. The van der Waals surface area contributed by atoms with E-state index in [1.165, 1.54) is 11.2 Å². The normalized spacial score (nSPS) is 12.2. The van der Waals surface area contributed by atoms with Crippen molar-refractivity contribution < 1.29 is 28.6 Å². The molecular formula is C17H22N2O6. The number of amides is 2. The Morgan fingerprint density at radius 2 is 1.96 bits per heavy atom. The van der Waals surface area contributed by atoms with Crippen LogP contribution in [0.5, 0.6) is 0 Å². The molecule has 0 aliphatic carbocycles. The van der Waals surface area contributed by atoms with Gasteiger partial charge in [0.15, 0.2) is 6.61 Å². The summed E-state index contributed by atoms with van der Waals surface area (Å²) >= 11 is 0. The molecule has 1 aliphatic rings. The molecule has 1 N–H and O–H groups in total. The number of ether oxygens (including phenoxy) is 3. The maximum Gasteiger partial charge on any atom is 0.377 e. The average molecular weight is 350 g/mol. The van der Waals surface area contributed by atoms with Crippen LogP contribution in [0.4, 0.5) is 5.69 Å². The SMILES string of the molecule is CN(C)C=O.Cc1ccccc1NC(=O)COC(=O)C1=COCCO1. The fourth-order valence-corrected chi connectivity index (χ4v) is 1.58. The van der Waals surface area contributed by atoms with Crippen molar-refractivity contribution in [3.63, 3.8) is 0 Å². The van der Waals surface area contributed by atoms with Gasteiger partial charge in [0.2, 0.25) is 12.2 Å². The fraction of sp³-hybridized carbons (Fsp3) is 0.353. The van der Waals surface area contributed by atoms with Crippen LogP contribution in [0.1, 0.15) is 5.56 Å². The molecule has 0 spiro atoms. The van der Waals surface area contributed by atoms with Gasteiger partial charge < -0.3 is 24.4 Å². The summed E-state index contributed by atoms with van der Waals surface area (Å²) in [4.78, 5) is 34.1. The van der Waals surface area contributed by atoms with Crippen LogP contribution in [0.25, 0.3) is 0 Å². The van der Waals surface area contributed by atoms with Crippen molar-refractivity contribution in [3.8, 4) is 0 Å². The third kappa shape index (κ3) is 7.87. The Morgan fingerprint density at radius 1 is 1.28 bits per heavy atom. The highest BCUT2D eigenvalue weighted by atomic mass is 16.6. The van der Waals surface area contributed by atoms with Crippen LogP contribution in [-0.2, 0) is 28.6 Å². The molecule has 8 nitrogen and oxygen atoms in total. The van der Waals surface area contributed by atoms with Crippen LogP contribution < -0.4 is 5.32 Å². The third-order valence-corrected chi connectivity index (χ3v) is 2.81. The molecule has 8 heteroatoms. The number of aryl methyl sites for hydroxylation is 1. The van der Waals surface area contributed by atoms with Crippen molar-refractivity contribution >= 4 is 24.0 Å². The lowest BCUT2D eigenvalue weighted by Crippen LogP contribution is -2.24. The molecule has 2 rings (SSSR count). The quantitative estimate of drug-likeness (QED) is 0.631. The molecule has 1 aromatic rings. The van der Waals surface area contributed by atoms with E-state index in [1.54, 1.807) is 20.2 Å². The van der Waals surface area contributed by atoms with Gasteiger partial charge in [-0.05, 0) is 18.6 Å². The number of benzene rings is 1. The van der Waals surface area contributed by atoms with E-state index >= 15 is 0 Å². The molecule has 1 heterocycles. The molecule has 136 valence electrons. The highest BCUT2D eigenvalue weighted by molar-refractivity contribution is 5.95. The van der Waals surface area contributed by atoms with Crippen molar-refractivity contribution in [2.45, 2.75) is 6.92 Å². The summed E-state index contributed by atoms with van der Waals surface area (Å²) < 4.78 is 14.8. The highest BCUT2D eigenvalue weighted by Gasteiger charge is 2.18. The average Bonchev–Trinajstić information content (AvgIpc) is 2.63. The van der Waals surface area contributed by atoms with E-state index in [-0.39, 0.29) is 19.0 Å². The minimum absolute atomic E-state index is 0.0278. The molecule has 0 bridgehead atoms. The van der Waals surface area contributed by atoms with Crippen molar-refractivity contribution in [1.82, 2.24) is 4.90 Å². The fourth-order valence-electron chi connectivity index (χ4n) is 1.58. The molecule has 0 fully saturated rings. The number of esters is 1. The molecule has 0 aromatic heterocycles. The predicted molar refractivity (Wildman–Crippen MR) is 90.5 cm³/mol. The summed E-state index contributed by atoms with van der Waals surface area (Å²) in [7, 11) is 3.38. The summed E-state index contributed by atoms with van der Waals surface area (Å²) in [5.41, 5.74) is 1.61. The Kier molecular flexibility index (Phi) is 8.56. The topological polar surface area (TPSA) is 94.2 Å². The Labute approximate surface area is 146 Å². The van der Waals surface area contributed by atoms with E-state index in [0.717, 1.165) is 12.0 Å². The van der Waals surface area contributed by atoms with Crippen molar-refractivity contribution in [3.05, 3.63) is 41.9 Å². The molecule has 2 amide bonds. The first-order chi connectivity index (χ1) is 11.9. The Hall–Kier alpha value is -3.03. The maximum absolute atomic E-state index is 11.7. The lowest BCUT2D eigenvalue weighted by molar-refractivity contribution is -0.148. The van der Waals surface area contributed by atoms with Crippen LogP contribution in [0.3, 0.4) is 0 Å². The number of hydrogen-bond acceptors (Lipinski definition) is 6. The monoisotopic (exact) mass is 350 g/mol. The Balaban J connectivity index is 0.000000550. The van der Waals surface area contributed by atoms with Gasteiger partial charge >= 0.3 is 5.97 Å². The number of anilines is 1. The second kappa shape index (κ2) is 10.7. The summed E-state index contributed by atoms with van der Waals surface area (Å²) in [6.07, 6.45) is 1.94. The van der Waals surface area contributed by atoms with Gasteiger partial charge in [-0.2, -0.15) is 0 Å². The lowest BCUT2D eigenvalue weighted by Gasteiger charge is -2.14. The zero-order valence-corrected chi connectivity index (χ0v) is 14.5. The summed E-state index contributed by atoms with van der Waals surface area (Å²) in [5, 5.41) is 2.66. The number of nitrogens with zero attached hydrogens (tertiary/aromatic N) is 1. The molecule has 0 atom stereocenters. The standard InChI is InChI=1S/C14H15NO5.C3H7NO/c1-10-4-2-3-5-11(10)15-13(16)9-20-14(17)12-8-18-6-7-19-12;1-4(2)3-5/h2-5,8H,6-7,9H2,1H3,(H,15,16);3H,1-2H3. The largest absolute Gasteiger partial charge is 0.493 e. The van der Waals surface area contributed by atoms with Crippen LogP contribution >= 0.6 is 0 Å². The first-order valence-corrected chi connectivity index (χ1v) is 7.53.